The molecule has 2 aromatic rings. The topological polar surface area (TPSA) is 66.8 Å². The Morgan fingerprint density at radius 2 is 1.79 bits per heavy atom. The summed E-state index contributed by atoms with van der Waals surface area (Å²) in [5.41, 5.74) is 2.62. The number of unbranched alkanes of at least 4 members (excludes halogenated alkanes) is 2. The highest BCUT2D eigenvalue weighted by Crippen LogP contribution is 2.40. The van der Waals surface area contributed by atoms with Gasteiger partial charge in [-0.2, -0.15) is 0 Å². The summed E-state index contributed by atoms with van der Waals surface area (Å²) < 4.78 is 5.80. The maximum atomic E-state index is 13.1. The molecule has 2 aromatic carbocycles. The number of likely N-dealkylation sites (tertiary alicyclic amines) is 1. The second kappa shape index (κ2) is 11.2. The Hall–Kier alpha value is -3.08. The van der Waals surface area contributed by atoms with Gasteiger partial charge in [0.2, 0.25) is 0 Å². The summed E-state index contributed by atoms with van der Waals surface area (Å²) in [6.07, 6.45) is 3.70. The summed E-state index contributed by atoms with van der Waals surface area (Å²) >= 11 is 0. The minimum atomic E-state index is -0.637. The van der Waals surface area contributed by atoms with Crippen molar-refractivity contribution in [2.45, 2.75) is 59.4 Å². The second-order valence-electron chi connectivity index (χ2n) is 9.03. The lowest BCUT2D eigenvalue weighted by Crippen LogP contribution is -2.30. The van der Waals surface area contributed by atoms with Crippen LogP contribution in [0.15, 0.2) is 54.1 Å². The normalized spacial score (nSPS) is 17.7. The molecule has 1 atom stereocenters. The summed E-state index contributed by atoms with van der Waals surface area (Å²) in [4.78, 5) is 27.7. The molecular weight excluding hydrogens is 414 g/mol. The first-order chi connectivity index (χ1) is 15.9. The SMILES string of the molecule is CCCCCN1C(=O)C(=O)/C(=C(\O)c2cccc(OCC(C)C)c2)C1c1ccc(CC)cc1. The minimum absolute atomic E-state index is 0.141. The average molecular weight is 450 g/mol. The number of Topliss-reactive ketones (excluding diaryl/α,β-unsaturated/α-hetero) is 1. The molecule has 0 spiro atoms. The molecule has 33 heavy (non-hydrogen) atoms. The number of hydrogen-bond donors (Lipinski definition) is 1. The van der Waals surface area contributed by atoms with Crippen LogP contribution in [0.5, 0.6) is 5.75 Å². The van der Waals surface area contributed by atoms with Crippen LogP contribution >= 0.6 is 0 Å². The maximum absolute atomic E-state index is 13.1. The molecule has 0 bridgehead atoms. The van der Waals surface area contributed by atoms with E-state index >= 15 is 0 Å². The Balaban J connectivity index is 2.05. The van der Waals surface area contributed by atoms with E-state index in [1.54, 1.807) is 23.1 Å². The Bertz CT molecular complexity index is 1010. The van der Waals surface area contributed by atoms with E-state index in [2.05, 4.69) is 27.7 Å². The van der Waals surface area contributed by atoms with Crippen molar-refractivity contribution in [1.82, 2.24) is 4.90 Å². The van der Waals surface area contributed by atoms with Crippen LogP contribution < -0.4 is 4.74 Å². The van der Waals surface area contributed by atoms with Crippen molar-refractivity contribution in [2.24, 2.45) is 5.92 Å². The van der Waals surface area contributed by atoms with Crippen LogP contribution in [-0.4, -0.2) is 34.8 Å². The van der Waals surface area contributed by atoms with Crippen molar-refractivity contribution in [3.8, 4) is 5.75 Å². The Morgan fingerprint density at radius 3 is 2.42 bits per heavy atom. The quantitative estimate of drug-likeness (QED) is 0.212. The molecule has 1 unspecified atom stereocenters. The number of aryl methyl sites for hydroxylation is 1. The average Bonchev–Trinajstić information content (AvgIpc) is 3.07. The van der Waals surface area contributed by atoms with Crippen LogP contribution in [0.1, 0.15) is 69.7 Å². The van der Waals surface area contributed by atoms with E-state index in [-0.39, 0.29) is 11.3 Å². The molecule has 0 radical (unpaired) electrons. The number of ether oxygens (including phenoxy) is 1. The smallest absolute Gasteiger partial charge is 0.295 e. The first kappa shape index (κ1) is 24.6. The highest BCUT2D eigenvalue weighted by atomic mass is 16.5. The van der Waals surface area contributed by atoms with Crippen LogP contribution in [0.4, 0.5) is 0 Å². The Morgan fingerprint density at radius 1 is 1.06 bits per heavy atom. The van der Waals surface area contributed by atoms with Crippen LogP contribution in [0, 0.1) is 5.92 Å². The van der Waals surface area contributed by atoms with E-state index in [1.807, 2.05) is 30.3 Å². The Labute approximate surface area is 197 Å². The zero-order valence-electron chi connectivity index (χ0n) is 20.1. The first-order valence-corrected chi connectivity index (χ1v) is 12.0. The lowest BCUT2D eigenvalue weighted by molar-refractivity contribution is -0.139. The van der Waals surface area contributed by atoms with Crippen molar-refractivity contribution >= 4 is 17.4 Å². The highest BCUT2D eigenvalue weighted by molar-refractivity contribution is 6.46. The van der Waals surface area contributed by atoms with Gasteiger partial charge in [-0.15, -0.1) is 0 Å². The number of carbonyl (C=O) groups excluding carboxylic acids is 2. The molecule has 3 rings (SSSR count). The third kappa shape index (κ3) is 5.65. The number of aliphatic hydroxyl groups excluding tert-OH is 1. The van der Waals surface area contributed by atoms with Crippen molar-refractivity contribution in [3.05, 3.63) is 70.8 Å². The third-order valence-corrected chi connectivity index (χ3v) is 5.94. The van der Waals surface area contributed by atoms with Gasteiger partial charge >= 0.3 is 0 Å². The fourth-order valence-electron chi connectivity index (χ4n) is 4.08. The largest absolute Gasteiger partial charge is 0.507 e. The number of rotatable bonds is 10. The fourth-order valence-corrected chi connectivity index (χ4v) is 4.08. The van der Waals surface area contributed by atoms with Gasteiger partial charge in [0.15, 0.2) is 0 Å². The number of ketones is 1. The van der Waals surface area contributed by atoms with Crippen LogP contribution in [0.25, 0.3) is 5.76 Å². The zero-order chi connectivity index (χ0) is 24.0. The summed E-state index contributed by atoms with van der Waals surface area (Å²) in [6.45, 7) is 9.34. The number of hydrogen-bond acceptors (Lipinski definition) is 4. The molecule has 0 aromatic heterocycles. The number of benzene rings is 2. The molecule has 5 nitrogen and oxygen atoms in total. The van der Waals surface area contributed by atoms with E-state index in [4.69, 9.17) is 4.74 Å². The molecule has 1 amide bonds. The van der Waals surface area contributed by atoms with E-state index in [0.717, 1.165) is 31.2 Å². The minimum Gasteiger partial charge on any atom is -0.507 e. The molecule has 5 heteroatoms. The molecule has 1 heterocycles. The second-order valence-corrected chi connectivity index (χ2v) is 9.03. The highest BCUT2D eigenvalue weighted by Gasteiger charge is 2.45. The van der Waals surface area contributed by atoms with Gasteiger partial charge in [-0.1, -0.05) is 76.9 Å². The summed E-state index contributed by atoms with van der Waals surface area (Å²) in [5, 5.41) is 11.3. The third-order valence-electron chi connectivity index (χ3n) is 5.94. The number of amides is 1. The summed E-state index contributed by atoms with van der Waals surface area (Å²) in [6, 6.07) is 14.4. The zero-order valence-corrected chi connectivity index (χ0v) is 20.1. The molecule has 0 aliphatic carbocycles. The number of carbonyl (C=O) groups is 2. The van der Waals surface area contributed by atoms with Gasteiger partial charge in [-0.3, -0.25) is 9.59 Å². The van der Waals surface area contributed by atoms with Gasteiger partial charge in [0.25, 0.3) is 11.7 Å². The number of nitrogens with zero attached hydrogens (tertiary/aromatic N) is 1. The standard InChI is InChI=1S/C28H35NO4/c1-5-7-8-16-29-25(21-14-12-20(6-2)13-15-21)24(27(31)28(29)32)26(30)22-10-9-11-23(17-22)33-18-19(3)4/h9-15,17,19,25,30H,5-8,16,18H2,1-4H3/b26-24-. The molecule has 1 fully saturated rings. The number of aliphatic hydroxyl groups is 1. The molecule has 1 aliphatic heterocycles. The van der Waals surface area contributed by atoms with Crippen molar-refractivity contribution in [3.63, 3.8) is 0 Å². The molecule has 1 aliphatic rings. The predicted octanol–water partition coefficient (Wildman–Crippen LogP) is 5.90. The van der Waals surface area contributed by atoms with Gasteiger partial charge in [0, 0.05) is 12.1 Å². The van der Waals surface area contributed by atoms with E-state index in [9.17, 15) is 14.7 Å². The van der Waals surface area contributed by atoms with Gasteiger partial charge < -0.3 is 14.7 Å². The van der Waals surface area contributed by atoms with Gasteiger partial charge in [0.1, 0.15) is 11.5 Å². The molecule has 176 valence electrons. The van der Waals surface area contributed by atoms with E-state index in [0.29, 0.717) is 30.4 Å². The Kier molecular flexibility index (Phi) is 8.32. The van der Waals surface area contributed by atoms with Crippen LogP contribution in [0.3, 0.4) is 0 Å². The predicted molar refractivity (Wildman–Crippen MR) is 131 cm³/mol. The molecule has 0 saturated carbocycles. The lowest BCUT2D eigenvalue weighted by Gasteiger charge is -2.25. The van der Waals surface area contributed by atoms with E-state index in [1.165, 1.54) is 5.56 Å². The maximum Gasteiger partial charge on any atom is 0.295 e. The molecular formula is C28H35NO4. The van der Waals surface area contributed by atoms with Gasteiger partial charge in [-0.25, -0.2) is 0 Å². The van der Waals surface area contributed by atoms with Crippen LogP contribution in [0.2, 0.25) is 0 Å². The van der Waals surface area contributed by atoms with Crippen molar-refractivity contribution in [2.75, 3.05) is 13.2 Å². The van der Waals surface area contributed by atoms with Crippen LogP contribution in [-0.2, 0) is 16.0 Å². The summed E-state index contributed by atoms with van der Waals surface area (Å²) in [7, 11) is 0. The van der Waals surface area contributed by atoms with Gasteiger partial charge in [-0.05, 0) is 42.0 Å². The molecule has 1 N–H and O–H groups in total. The fraction of sp³-hybridized carbons (Fsp3) is 0.429. The molecule has 1 saturated heterocycles. The summed E-state index contributed by atoms with van der Waals surface area (Å²) in [5.74, 6) is -0.368. The monoisotopic (exact) mass is 449 g/mol. The van der Waals surface area contributed by atoms with Gasteiger partial charge in [0.05, 0.1) is 18.2 Å². The van der Waals surface area contributed by atoms with Crippen molar-refractivity contribution in [1.29, 1.82) is 0 Å². The first-order valence-electron chi connectivity index (χ1n) is 12.0. The van der Waals surface area contributed by atoms with E-state index < -0.39 is 17.7 Å². The van der Waals surface area contributed by atoms with Crippen molar-refractivity contribution < 1.29 is 19.4 Å². The lowest BCUT2D eigenvalue weighted by atomic mass is 9.94.